The van der Waals surface area contributed by atoms with Crippen molar-refractivity contribution in [2.24, 2.45) is 0 Å². The van der Waals surface area contributed by atoms with E-state index in [4.69, 9.17) is 16.3 Å². The molecule has 17 heavy (non-hydrogen) atoms. The molecule has 0 saturated heterocycles. The van der Waals surface area contributed by atoms with Crippen molar-refractivity contribution < 1.29 is 9.84 Å². The summed E-state index contributed by atoms with van der Waals surface area (Å²) in [6.07, 6.45) is 0. The number of methoxy groups -OCH3 is 1. The predicted octanol–water partition coefficient (Wildman–Crippen LogP) is 4.03. The van der Waals surface area contributed by atoms with E-state index in [2.05, 4.69) is 0 Å². The van der Waals surface area contributed by atoms with Crippen molar-refractivity contribution in [3.8, 4) is 22.6 Å². The highest BCUT2D eigenvalue weighted by atomic mass is 35.5. The Balaban J connectivity index is 2.55. The van der Waals surface area contributed by atoms with E-state index in [0.717, 1.165) is 22.4 Å². The summed E-state index contributed by atoms with van der Waals surface area (Å²) < 4.78 is 5.18. The number of ether oxygens (including phenoxy) is 1. The molecule has 0 heterocycles. The molecule has 0 fully saturated rings. The first-order valence-electron chi connectivity index (χ1n) is 5.25. The van der Waals surface area contributed by atoms with Crippen LogP contribution in [0.2, 0.25) is 5.02 Å². The molecule has 0 radical (unpaired) electrons. The number of phenolic OH excluding ortho intramolecular Hbond substituents is 1. The van der Waals surface area contributed by atoms with Crippen molar-refractivity contribution in [3.05, 3.63) is 47.0 Å². The number of aryl methyl sites for hydroxylation is 1. The van der Waals surface area contributed by atoms with Crippen molar-refractivity contribution >= 4 is 11.6 Å². The molecule has 0 aliphatic rings. The quantitative estimate of drug-likeness (QED) is 0.870. The minimum absolute atomic E-state index is 0.285. The number of hydrogen-bond acceptors (Lipinski definition) is 2. The number of rotatable bonds is 2. The molecule has 0 aliphatic heterocycles. The van der Waals surface area contributed by atoms with E-state index in [1.54, 1.807) is 19.2 Å². The fourth-order valence-corrected chi connectivity index (χ4v) is 1.90. The minimum Gasteiger partial charge on any atom is -0.508 e. The molecule has 88 valence electrons. The molecule has 2 aromatic rings. The number of aromatic hydroxyl groups is 1. The van der Waals surface area contributed by atoms with Gasteiger partial charge in [0.25, 0.3) is 0 Å². The molecule has 0 spiro atoms. The Kier molecular flexibility index (Phi) is 3.25. The lowest BCUT2D eigenvalue weighted by atomic mass is 10.0. The van der Waals surface area contributed by atoms with Crippen molar-refractivity contribution in [2.45, 2.75) is 6.92 Å². The molecule has 2 aromatic carbocycles. The molecule has 3 heteroatoms. The molecule has 1 N–H and O–H groups in total. The van der Waals surface area contributed by atoms with Crippen LogP contribution in [0.25, 0.3) is 11.1 Å². The van der Waals surface area contributed by atoms with Crippen LogP contribution in [0.1, 0.15) is 5.56 Å². The van der Waals surface area contributed by atoms with Gasteiger partial charge in [0.05, 0.1) is 7.11 Å². The minimum atomic E-state index is 0.285. The highest BCUT2D eigenvalue weighted by molar-refractivity contribution is 6.33. The van der Waals surface area contributed by atoms with Gasteiger partial charge in [-0.05, 0) is 48.4 Å². The smallest absolute Gasteiger partial charge is 0.119 e. The number of hydrogen-bond donors (Lipinski definition) is 1. The Morgan fingerprint density at radius 2 is 1.88 bits per heavy atom. The van der Waals surface area contributed by atoms with Crippen molar-refractivity contribution in [2.75, 3.05) is 7.11 Å². The summed E-state index contributed by atoms with van der Waals surface area (Å²) in [6.45, 7) is 1.85. The molecule has 0 aromatic heterocycles. The molecule has 0 amide bonds. The lowest BCUT2D eigenvalue weighted by Gasteiger charge is -2.08. The third kappa shape index (κ3) is 2.37. The summed E-state index contributed by atoms with van der Waals surface area (Å²) in [4.78, 5) is 0. The van der Waals surface area contributed by atoms with E-state index < -0.39 is 0 Å². The van der Waals surface area contributed by atoms with Gasteiger partial charge >= 0.3 is 0 Å². The molecular weight excluding hydrogens is 236 g/mol. The van der Waals surface area contributed by atoms with Gasteiger partial charge < -0.3 is 9.84 Å². The third-order valence-corrected chi connectivity index (χ3v) is 3.01. The van der Waals surface area contributed by atoms with Crippen LogP contribution in [0, 0.1) is 6.92 Å². The van der Waals surface area contributed by atoms with Crippen LogP contribution in [0.3, 0.4) is 0 Å². The maximum atomic E-state index is 9.50. The van der Waals surface area contributed by atoms with Gasteiger partial charge in [-0.15, -0.1) is 0 Å². The van der Waals surface area contributed by atoms with Crippen LogP contribution < -0.4 is 4.74 Å². The fraction of sp³-hybridized carbons (Fsp3) is 0.143. The predicted molar refractivity (Wildman–Crippen MR) is 69.8 cm³/mol. The molecule has 0 unspecified atom stereocenters. The second kappa shape index (κ2) is 4.68. The Hall–Kier alpha value is -1.67. The molecule has 2 rings (SSSR count). The molecule has 0 aliphatic carbocycles. The Morgan fingerprint density at radius 3 is 2.53 bits per heavy atom. The summed E-state index contributed by atoms with van der Waals surface area (Å²) >= 11 is 6.16. The van der Waals surface area contributed by atoms with Crippen LogP contribution in [0.15, 0.2) is 36.4 Å². The van der Waals surface area contributed by atoms with E-state index >= 15 is 0 Å². The highest BCUT2D eigenvalue weighted by Gasteiger charge is 2.07. The normalized spacial score (nSPS) is 10.3. The van der Waals surface area contributed by atoms with Gasteiger partial charge in [0.2, 0.25) is 0 Å². The van der Waals surface area contributed by atoms with E-state index in [1.165, 1.54) is 0 Å². The number of halogens is 1. The summed E-state index contributed by atoms with van der Waals surface area (Å²) in [6, 6.07) is 10.9. The van der Waals surface area contributed by atoms with Gasteiger partial charge in [-0.3, -0.25) is 0 Å². The number of benzene rings is 2. The lowest BCUT2D eigenvalue weighted by Crippen LogP contribution is -1.86. The SMILES string of the molecule is COc1ccc(Cl)c(-c2ccc(O)c(C)c2)c1. The first kappa shape index (κ1) is 11.8. The number of phenols is 1. The molecule has 0 atom stereocenters. The topological polar surface area (TPSA) is 29.5 Å². The van der Waals surface area contributed by atoms with Gasteiger partial charge in [-0.25, -0.2) is 0 Å². The summed E-state index contributed by atoms with van der Waals surface area (Å²) in [7, 11) is 1.62. The first-order valence-corrected chi connectivity index (χ1v) is 5.63. The second-order valence-electron chi connectivity index (χ2n) is 3.85. The van der Waals surface area contributed by atoms with E-state index in [0.29, 0.717) is 5.02 Å². The average Bonchev–Trinajstić information content (AvgIpc) is 2.33. The van der Waals surface area contributed by atoms with Gasteiger partial charge in [-0.2, -0.15) is 0 Å². The van der Waals surface area contributed by atoms with Crippen LogP contribution in [0.4, 0.5) is 0 Å². The molecular formula is C14H13ClO2. The van der Waals surface area contributed by atoms with Gasteiger partial charge in [0.15, 0.2) is 0 Å². The maximum Gasteiger partial charge on any atom is 0.119 e. The Bertz CT molecular complexity index is 550. The second-order valence-corrected chi connectivity index (χ2v) is 4.25. The zero-order valence-corrected chi connectivity index (χ0v) is 10.5. The highest BCUT2D eigenvalue weighted by Crippen LogP contribution is 2.33. The largest absolute Gasteiger partial charge is 0.508 e. The van der Waals surface area contributed by atoms with Crippen LogP contribution in [-0.4, -0.2) is 12.2 Å². The van der Waals surface area contributed by atoms with Crippen LogP contribution in [0.5, 0.6) is 11.5 Å². The van der Waals surface area contributed by atoms with Gasteiger partial charge in [0.1, 0.15) is 11.5 Å². The summed E-state index contributed by atoms with van der Waals surface area (Å²) in [5.74, 6) is 1.04. The lowest BCUT2D eigenvalue weighted by molar-refractivity contribution is 0.415. The molecule has 0 saturated carbocycles. The zero-order chi connectivity index (χ0) is 12.4. The Labute approximate surface area is 105 Å². The van der Waals surface area contributed by atoms with Crippen molar-refractivity contribution in [1.29, 1.82) is 0 Å². The monoisotopic (exact) mass is 248 g/mol. The maximum absolute atomic E-state index is 9.50. The third-order valence-electron chi connectivity index (χ3n) is 2.68. The zero-order valence-electron chi connectivity index (χ0n) is 9.70. The van der Waals surface area contributed by atoms with Crippen LogP contribution >= 0.6 is 11.6 Å². The van der Waals surface area contributed by atoms with E-state index in [1.807, 2.05) is 31.2 Å². The average molecular weight is 249 g/mol. The standard InChI is InChI=1S/C14H13ClO2/c1-9-7-10(3-6-14(9)16)12-8-11(17-2)4-5-13(12)15/h3-8,16H,1-2H3. The summed E-state index contributed by atoms with van der Waals surface area (Å²) in [5.41, 5.74) is 2.68. The molecule has 0 bridgehead atoms. The molecule has 2 nitrogen and oxygen atoms in total. The van der Waals surface area contributed by atoms with E-state index in [9.17, 15) is 5.11 Å². The summed E-state index contributed by atoms with van der Waals surface area (Å²) in [5, 5.41) is 10.2. The van der Waals surface area contributed by atoms with Crippen molar-refractivity contribution in [3.63, 3.8) is 0 Å². The van der Waals surface area contributed by atoms with E-state index in [-0.39, 0.29) is 5.75 Å². The van der Waals surface area contributed by atoms with Gasteiger partial charge in [-0.1, -0.05) is 17.7 Å². The van der Waals surface area contributed by atoms with Gasteiger partial charge in [0, 0.05) is 10.6 Å². The van der Waals surface area contributed by atoms with Crippen LogP contribution in [-0.2, 0) is 0 Å². The Morgan fingerprint density at radius 1 is 1.12 bits per heavy atom. The fourth-order valence-electron chi connectivity index (χ4n) is 1.68. The first-order chi connectivity index (χ1) is 8.11. The van der Waals surface area contributed by atoms with Crippen molar-refractivity contribution in [1.82, 2.24) is 0 Å².